The van der Waals surface area contributed by atoms with Gasteiger partial charge in [0.25, 0.3) is 5.56 Å². The molecule has 2 rings (SSSR count). The number of nitrogens with two attached hydrogens (primary N) is 3. The van der Waals surface area contributed by atoms with E-state index >= 15 is 0 Å². The van der Waals surface area contributed by atoms with E-state index in [-0.39, 0.29) is 16.5 Å². The molecule has 1 amide bonds. The lowest BCUT2D eigenvalue weighted by atomic mass is 10.2. The van der Waals surface area contributed by atoms with Crippen LogP contribution in [0, 0.1) is 0 Å². The average Bonchev–Trinajstić information content (AvgIpc) is 2.26. The predicted molar refractivity (Wildman–Crippen MR) is 72.8 cm³/mol. The van der Waals surface area contributed by atoms with E-state index in [4.69, 9.17) is 17.2 Å². The van der Waals surface area contributed by atoms with Crippen molar-refractivity contribution in [3.63, 3.8) is 0 Å². The van der Waals surface area contributed by atoms with Crippen LogP contribution in [-0.2, 0) is 0 Å². The fourth-order valence-corrected chi connectivity index (χ4v) is 2.42. The smallest absolute Gasteiger partial charge is 0.253 e. The van der Waals surface area contributed by atoms with Gasteiger partial charge in [-0.3, -0.25) is 9.59 Å². The van der Waals surface area contributed by atoms with Crippen LogP contribution in [-0.4, -0.2) is 15.9 Å². The van der Waals surface area contributed by atoms with Gasteiger partial charge in [0.15, 0.2) is 5.16 Å². The molecule has 98 valence electrons. The quantitative estimate of drug-likeness (QED) is 0.466. The van der Waals surface area contributed by atoms with Crippen molar-refractivity contribution in [1.82, 2.24) is 9.97 Å². The van der Waals surface area contributed by atoms with Gasteiger partial charge in [-0.1, -0.05) is 11.8 Å². The van der Waals surface area contributed by atoms with E-state index < -0.39 is 5.91 Å². The van der Waals surface area contributed by atoms with Gasteiger partial charge in [0, 0.05) is 16.6 Å². The summed E-state index contributed by atoms with van der Waals surface area (Å²) in [5, 5.41) is 0.262. The summed E-state index contributed by atoms with van der Waals surface area (Å²) in [5.74, 6) is -0.496. The molecule has 0 aliphatic heterocycles. The number of nitrogens with zero attached hydrogens (tertiary/aromatic N) is 1. The molecule has 0 aliphatic rings. The maximum Gasteiger partial charge on any atom is 0.253 e. The predicted octanol–water partition coefficient (Wildman–Crippen LogP) is 0.184. The largest absolute Gasteiger partial charge is 0.399 e. The van der Waals surface area contributed by atoms with E-state index in [0.29, 0.717) is 16.1 Å². The summed E-state index contributed by atoms with van der Waals surface area (Å²) < 4.78 is 0. The van der Waals surface area contributed by atoms with Crippen LogP contribution in [0.1, 0.15) is 10.4 Å². The second kappa shape index (κ2) is 5.02. The molecular weight excluding hydrogens is 266 g/mol. The molecule has 0 saturated carbocycles. The fourth-order valence-electron chi connectivity index (χ4n) is 1.43. The summed E-state index contributed by atoms with van der Waals surface area (Å²) in [6, 6.07) is 5.83. The summed E-state index contributed by atoms with van der Waals surface area (Å²) >= 11 is 1.06. The molecule has 0 bridgehead atoms. The van der Waals surface area contributed by atoms with Crippen LogP contribution >= 0.6 is 11.8 Å². The van der Waals surface area contributed by atoms with Crippen molar-refractivity contribution in [3.8, 4) is 0 Å². The summed E-state index contributed by atoms with van der Waals surface area (Å²) in [4.78, 5) is 29.5. The third kappa shape index (κ3) is 3.05. The SMILES string of the molecule is NC(=O)c1ccc(N)cc1Sc1nc(N)cc(=O)[nH]1. The zero-order chi connectivity index (χ0) is 14.0. The van der Waals surface area contributed by atoms with Crippen LogP contribution in [0.2, 0.25) is 0 Å². The lowest BCUT2D eigenvalue weighted by Gasteiger charge is -2.07. The Morgan fingerprint density at radius 2 is 2.00 bits per heavy atom. The monoisotopic (exact) mass is 277 g/mol. The van der Waals surface area contributed by atoms with Crippen LogP contribution in [0.15, 0.2) is 39.1 Å². The first kappa shape index (κ1) is 13.0. The Labute approximate surface area is 112 Å². The molecule has 1 aromatic heterocycles. The maximum atomic E-state index is 11.3. The van der Waals surface area contributed by atoms with E-state index in [1.165, 1.54) is 12.1 Å². The van der Waals surface area contributed by atoms with Crippen LogP contribution in [0.3, 0.4) is 0 Å². The molecular formula is C11H11N5O2S. The lowest BCUT2D eigenvalue weighted by Crippen LogP contribution is -2.13. The molecule has 0 spiro atoms. The highest BCUT2D eigenvalue weighted by Crippen LogP contribution is 2.29. The topological polar surface area (TPSA) is 141 Å². The third-order valence-electron chi connectivity index (χ3n) is 2.22. The van der Waals surface area contributed by atoms with Crippen molar-refractivity contribution in [3.05, 3.63) is 40.2 Å². The number of nitrogen functional groups attached to an aromatic ring is 2. The molecule has 0 atom stereocenters. The molecule has 0 aliphatic carbocycles. The van der Waals surface area contributed by atoms with Crippen molar-refractivity contribution in [2.45, 2.75) is 10.1 Å². The Balaban J connectivity index is 2.45. The van der Waals surface area contributed by atoms with Gasteiger partial charge >= 0.3 is 0 Å². The number of amides is 1. The number of primary amides is 1. The van der Waals surface area contributed by atoms with Gasteiger partial charge < -0.3 is 22.2 Å². The van der Waals surface area contributed by atoms with Gasteiger partial charge in [0.05, 0.1) is 5.56 Å². The highest BCUT2D eigenvalue weighted by molar-refractivity contribution is 7.99. The first-order valence-electron chi connectivity index (χ1n) is 5.20. The van der Waals surface area contributed by atoms with Crippen molar-refractivity contribution >= 4 is 29.2 Å². The highest BCUT2D eigenvalue weighted by Gasteiger charge is 2.11. The van der Waals surface area contributed by atoms with E-state index in [9.17, 15) is 9.59 Å². The Bertz CT molecular complexity index is 698. The molecule has 0 fully saturated rings. The van der Waals surface area contributed by atoms with Gasteiger partial charge in [-0.15, -0.1) is 0 Å². The van der Waals surface area contributed by atoms with Gasteiger partial charge in [-0.25, -0.2) is 4.98 Å². The van der Waals surface area contributed by atoms with Crippen LogP contribution in [0.25, 0.3) is 0 Å². The van der Waals surface area contributed by atoms with Crippen LogP contribution in [0.5, 0.6) is 0 Å². The molecule has 19 heavy (non-hydrogen) atoms. The lowest BCUT2D eigenvalue weighted by molar-refractivity contribution is 0.0997. The van der Waals surface area contributed by atoms with Crippen molar-refractivity contribution < 1.29 is 4.79 Å². The number of benzene rings is 1. The van der Waals surface area contributed by atoms with E-state index in [1.807, 2.05) is 0 Å². The van der Waals surface area contributed by atoms with E-state index in [0.717, 1.165) is 11.8 Å². The zero-order valence-corrected chi connectivity index (χ0v) is 10.5. The van der Waals surface area contributed by atoms with E-state index in [2.05, 4.69) is 9.97 Å². The van der Waals surface area contributed by atoms with Crippen LogP contribution < -0.4 is 22.8 Å². The number of anilines is 2. The minimum atomic E-state index is -0.589. The Morgan fingerprint density at radius 1 is 1.26 bits per heavy atom. The molecule has 8 heteroatoms. The number of nitrogens with one attached hydrogen (secondary N) is 1. The fraction of sp³-hybridized carbons (Fsp3) is 0. The number of hydrogen-bond acceptors (Lipinski definition) is 6. The normalized spacial score (nSPS) is 10.3. The third-order valence-corrected chi connectivity index (χ3v) is 3.16. The molecule has 0 radical (unpaired) electrons. The Kier molecular flexibility index (Phi) is 3.43. The number of carbonyl (C=O) groups is 1. The summed E-state index contributed by atoms with van der Waals surface area (Å²) in [6.07, 6.45) is 0. The molecule has 1 aromatic carbocycles. The molecule has 1 heterocycles. The summed E-state index contributed by atoms with van der Waals surface area (Å²) in [6.45, 7) is 0. The van der Waals surface area contributed by atoms with Crippen molar-refractivity contribution in [2.75, 3.05) is 11.5 Å². The first-order valence-corrected chi connectivity index (χ1v) is 6.01. The Hall–Kier alpha value is -2.48. The van der Waals surface area contributed by atoms with Gasteiger partial charge in [0.2, 0.25) is 5.91 Å². The number of rotatable bonds is 3. The number of hydrogen-bond donors (Lipinski definition) is 4. The second-order valence-corrected chi connectivity index (χ2v) is 4.73. The van der Waals surface area contributed by atoms with E-state index in [1.54, 1.807) is 12.1 Å². The van der Waals surface area contributed by atoms with Crippen molar-refractivity contribution in [2.24, 2.45) is 5.73 Å². The number of H-pyrrole nitrogens is 1. The second-order valence-electron chi connectivity index (χ2n) is 3.70. The van der Waals surface area contributed by atoms with Gasteiger partial charge in [0.1, 0.15) is 5.82 Å². The molecule has 0 unspecified atom stereocenters. The minimum Gasteiger partial charge on any atom is -0.399 e. The minimum absolute atomic E-state index is 0.0933. The number of carbonyl (C=O) groups excluding carboxylic acids is 1. The highest BCUT2D eigenvalue weighted by atomic mass is 32.2. The maximum absolute atomic E-state index is 11.3. The molecule has 0 saturated heterocycles. The number of aromatic amines is 1. The van der Waals surface area contributed by atoms with Gasteiger partial charge in [-0.2, -0.15) is 0 Å². The van der Waals surface area contributed by atoms with Crippen LogP contribution in [0.4, 0.5) is 11.5 Å². The summed E-state index contributed by atoms with van der Waals surface area (Å²) in [5.41, 5.74) is 16.8. The number of aromatic nitrogens is 2. The molecule has 2 aromatic rings. The first-order chi connectivity index (χ1) is 8.95. The van der Waals surface area contributed by atoms with Gasteiger partial charge in [-0.05, 0) is 18.2 Å². The zero-order valence-electron chi connectivity index (χ0n) is 9.71. The van der Waals surface area contributed by atoms with Crippen molar-refractivity contribution in [1.29, 1.82) is 0 Å². The summed E-state index contributed by atoms with van der Waals surface area (Å²) in [7, 11) is 0. The average molecular weight is 277 g/mol. The molecule has 7 nitrogen and oxygen atoms in total. The Morgan fingerprint density at radius 3 is 2.63 bits per heavy atom. The standard InChI is InChI=1S/C11H11N5O2S/c12-5-1-2-6(10(14)18)7(3-5)19-11-15-8(13)4-9(17)16-11/h1-4H,12H2,(H2,14,18)(H3,13,15,16,17). The molecule has 7 N–H and O–H groups in total.